The predicted molar refractivity (Wildman–Crippen MR) is 91.1 cm³/mol. The number of fused-ring (bicyclic) bond motifs is 1. The van der Waals surface area contributed by atoms with E-state index in [1.165, 1.54) is 16.4 Å². The van der Waals surface area contributed by atoms with E-state index in [1.807, 2.05) is 36.4 Å². The van der Waals surface area contributed by atoms with Crippen LogP contribution in [0.4, 0.5) is 0 Å². The Labute approximate surface area is 138 Å². The van der Waals surface area contributed by atoms with Gasteiger partial charge in [-0.3, -0.25) is 0 Å². The summed E-state index contributed by atoms with van der Waals surface area (Å²) in [4.78, 5) is 0. The molecule has 3 aromatic rings. The molecule has 3 rings (SSSR count). The van der Waals surface area contributed by atoms with Gasteiger partial charge >= 0.3 is 0 Å². The van der Waals surface area contributed by atoms with Crippen molar-refractivity contribution in [1.29, 1.82) is 0 Å². The molecule has 0 radical (unpaired) electrons. The van der Waals surface area contributed by atoms with E-state index in [0.717, 1.165) is 16.5 Å². The van der Waals surface area contributed by atoms with Crippen LogP contribution in [0.15, 0.2) is 47.6 Å². The van der Waals surface area contributed by atoms with E-state index >= 15 is 0 Å². The van der Waals surface area contributed by atoms with Gasteiger partial charge in [-0.1, -0.05) is 42.1 Å². The highest BCUT2D eigenvalue weighted by Crippen LogP contribution is 2.21. The average molecular weight is 330 g/mol. The van der Waals surface area contributed by atoms with Crippen LogP contribution < -0.4 is 10.6 Å². The number of aryl methyl sites for hydroxylation is 1. The second kappa shape index (κ2) is 6.89. The molecule has 0 bridgehead atoms. The molecule has 1 aromatic heterocycles. The smallest absolute Gasteiger partial charge is 0.209 e. The lowest BCUT2D eigenvalue weighted by Crippen LogP contribution is -2.21. The summed E-state index contributed by atoms with van der Waals surface area (Å²) in [5.74, 6) is 7.57. The molecule has 0 saturated heterocycles. The zero-order valence-electron chi connectivity index (χ0n) is 12.7. The van der Waals surface area contributed by atoms with Crippen molar-refractivity contribution in [3.63, 3.8) is 0 Å². The summed E-state index contributed by atoms with van der Waals surface area (Å²) in [5.41, 5.74) is 0. The summed E-state index contributed by atoms with van der Waals surface area (Å²) in [7, 11) is 0. The lowest BCUT2D eigenvalue weighted by molar-refractivity contribution is 0.126. The number of nitrogens with two attached hydrogens (primary N) is 1. The molecule has 120 valence electrons. The third-order valence-electron chi connectivity index (χ3n) is 3.40. The van der Waals surface area contributed by atoms with E-state index in [4.69, 9.17) is 10.6 Å². The molecule has 0 aliphatic rings. The second-order valence-electron chi connectivity index (χ2n) is 5.18. The number of hydrogen-bond acceptors (Lipinski definition) is 6. The Morgan fingerprint density at radius 2 is 2.00 bits per heavy atom. The first-order chi connectivity index (χ1) is 11.1. The zero-order chi connectivity index (χ0) is 16.2. The molecule has 0 spiro atoms. The van der Waals surface area contributed by atoms with Crippen LogP contribution in [0.5, 0.6) is 5.75 Å². The maximum absolute atomic E-state index is 10.0. The van der Waals surface area contributed by atoms with E-state index in [9.17, 15) is 5.11 Å². The Kier molecular flexibility index (Phi) is 4.68. The molecule has 1 atom stereocenters. The fraction of sp³-hybridized carbons (Fsp3) is 0.250. The number of benzene rings is 2. The van der Waals surface area contributed by atoms with Gasteiger partial charge in [0.25, 0.3) is 0 Å². The molecule has 2 aromatic carbocycles. The first-order valence-electron chi connectivity index (χ1n) is 7.23. The molecular formula is C16H18N4O2S. The minimum Gasteiger partial charge on any atom is -0.491 e. The van der Waals surface area contributed by atoms with Gasteiger partial charge in [0, 0.05) is 5.75 Å². The van der Waals surface area contributed by atoms with Gasteiger partial charge in [-0.05, 0) is 29.8 Å². The third kappa shape index (κ3) is 3.75. The van der Waals surface area contributed by atoms with Gasteiger partial charge in [-0.15, -0.1) is 10.2 Å². The molecule has 0 fully saturated rings. The quantitative estimate of drug-likeness (QED) is 0.531. The lowest BCUT2D eigenvalue weighted by atomic mass is 10.1. The van der Waals surface area contributed by atoms with Crippen LogP contribution in [0.1, 0.15) is 5.82 Å². The molecule has 0 aliphatic heterocycles. The number of ether oxygens (including phenoxy) is 1. The second-order valence-corrected chi connectivity index (χ2v) is 6.17. The van der Waals surface area contributed by atoms with Crippen LogP contribution in [0.2, 0.25) is 0 Å². The highest BCUT2D eigenvalue weighted by Gasteiger charge is 2.11. The van der Waals surface area contributed by atoms with E-state index in [2.05, 4.69) is 16.3 Å². The van der Waals surface area contributed by atoms with Gasteiger partial charge in [0.15, 0.2) is 0 Å². The number of hydrogen-bond donors (Lipinski definition) is 2. The van der Waals surface area contributed by atoms with E-state index in [0.29, 0.717) is 16.7 Å². The topological polar surface area (TPSA) is 86.2 Å². The molecule has 7 heteroatoms. The third-order valence-corrected chi connectivity index (χ3v) is 4.49. The van der Waals surface area contributed by atoms with Crippen molar-refractivity contribution in [1.82, 2.24) is 14.9 Å². The first kappa shape index (κ1) is 15.6. The first-order valence-corrected chi connectivity index (χ1v) is 8.21. The number of nitrogen functional groups attached to an aromatic ring is 1. The maximum Gasteiger partial charge on any atom is 0.209 e. The molecule has 3 N–H and O–H groups in total. The molecule has 0 amide bonds. The van der Waals surface area contributed by atoms with Crippen molar-refractivity contribution < 1.29 is 9.84 Å². The van der Waals surface area contributed by atoms with Crippen molar-refractivity contribution in [2.75, 3.05) is 18.2 Å². The number of aromatic nitrogens is 3. The van der Waals surface area contributed by atoms with Gasteiger partial charge < -0.3 is 15.7 Å². The van der Waals surface area contributed by atoms with Crippen LogP contribution in [0.25, 0.3) is 10.8 Å². The monoisotopic (exact) mass is 330 g/mol. The van der Waals surface area contributed by atoms with Crippen molar-refractivity contribution in [2.45, 2.75) is 18.2 Å². The minimum atomic E-state index is -0.622. The fourth-order valence-corrected chi connectivity index (χ4v) is 2.92. The standard InChI is InChI=1S/C16H18N4O2S/c1-11-18-19-16(20(11)17)23-10-14(21)9-22-15-7-6-12-4-2-3-5-13(12)8-15/h2-8,14,21H,9-10,17H2,1H3/t14-/m1/s1. The molecule has 0 saturated carbocycles. The molecule has 1 heterocycles. The molecule has 0 aliphatic carbocycles. The van der Waals surface area contributed by atoms with Crippen molar-refractivity contribution in [2.24, 2.45) is 0 Å². The number of thioether (sulfide) groups is 1. The summed E-state index contributed by atoms with van der Waals surface area (Å²) < 4.78 is 7.07. The predicted octanol–water partition coefficient (Wildman–Crippen LogP) is 1.99. The summed E-state index contributed by atoms with van der Waals surface area (Å²) in [6.45, 7) is 1.99. The van der Waals surface area contributed by atoms with Crippen molar-refractivity contribution in [3.8, 4) is 5.75 Å². The van der Waals surface area contributed by atoms with Gasteiger partial charge in [0.1, 0.15) is 18.2 Å². The summed E-state index contributed by atoms with van der Waals surface area (Å²) in [6, 6.07) is 14.0. The highest BCUT2D eigenvalue weighted by atomic mass is 32.2. The Morgan fingerprint density at radius 1 is 1.22 bits per heavy atom. The van der Waals surface area contributed by atoms with E-state index in [-0.39, 0.29) is 6.61 Å². The molecule has 6 nitrogen and oxygen atoms in total. The Hall–Kier alpha value is -2.25. The number of rotatable bonds is 6. The molecular weight excluding hydrogens is 312 g/mol. The number of nitrogens with zero attached hydrogens (tertiary/aromatic N) is 3. The van der Waals surface area contributed by atoms with Crippen molar-refractivity contribution in [3.05, 3.63) is 48.3 Å². The maximum atomic E-state index is 10.0. The van der Waals surface area contributed by atoms with Crippen LogP contribution >= 0.6 is 11.8 Å². The summed E-state index contributed by atoms with van der Waals surface area (Å²) in [6.07, 6.45) is -0.622. The van der Waals surface area contributed by atoms with Crippen LogP contribution in [-0.4, -0.2) is 38.4 Å². The lowest BCUT2D eigenvalue weighted by Gasteiger charge is -2.12. The van der Waals surface area contributed by atoms with Crippen LogP contribution in [-0.2, 0) is 0 Å². The largest absolute Gasteiger partial charge is 0.491 e. The SMILES string of the molecule is Cc1nnc(SC[C@H](O)COc2ccc3ccccc3c2)n1N. The van der Waals surface area contributed by atoms with E-state index in [1.54, 1.807) is 6.92 Å². The molecule has 23 heavy (non-hydrogen) atoms. The fourth-order valence-electron chi connectivity index (χ4n) is 2.12. The normalized spacial score (nSPS) is 12.4. The average Bonchev–Trinajstić information content (AvgIpc) is 2.89. The Balaban J connectivity index is 1.53. The highest BCUT2D eigenvalue weighted by molar-refractivity contribution is 7.99. The van der Waals surface area contributed by atoms with Crippen molar-refractivity contribution >= 4 is 22.5 Å². The summed E-state index contributed by atoms with van der Waals surface area (Å²) in [5, 5.41) is 20.7. The van der Waals surface area contributed by atoms with Gasteiger partial charge in [-0.25, -0.2) is 4.68 Å². The number of aliphatic hydroxyl groups is 1. The van der Waals surface area contributed by atoms with E-state index < -0.39 is 6.10 Å². The minimum absolute atomic E-state index is 0.211. The van der Waals surface area contributed by atoms with Crippen LogP contribution in [0.3, 0.4) is 0 Å². The Bertz CT molecular complexity index is 806. The van der Waals surface area contributed by atoms with Gasteiger partial charge in [0.05, 0.1) is 6.10 Å². The van der Waals surface area contributed by atoms with Crippen LogP contribution in [0, 0.1) is 6.92 Å². The zero-order valence-corrected chi connectivity index (χ0v) is 13.5. The van der Waals surface area contributed by atoms with Gasteiger partial charge in [-0.2, -0.15) is 0 Å². The molecule has 0 unspecified atom stereocenters. The Morgan fingerprint density at radius 3 is 2.74 bits per heavy atom. The summed E-state index contributed by atoms with van der Waals surface area (Å²) >= 11 is 1.35. The van der Waals surface area contributed by atoms with Gasteiger partial charge in [0.2, 0.25) is 5.16 Å². The number of aliphatic hydroxyl groups excluding tert-OH is 1.